The summed E-state index contributed by atoms with van der Waals surface area (Å²) in [5, 5.41) is 8.85. The summed E-state index contributed by atoms with van der Waals surface area (Å²) in [6, 6.07) is 8.29. The summed E-state index contributed by atoms with van der Waals surface area (Å²) in [6.45, 7) is 4.58. The average molecular weight is 296 g/mol. The van der Waals surface area contributed by atoms with Gasteiger partial charge in [0.15, 0.2) is 0 Å². The molecule has 1 aromatic rings. The lowest BCUT2D eigenvalue weighted by atomic mass is 10.1. The lowest BCUT2D eigenvalue weighted by molar-refractivity contribution is 0.707. The van der Waals surface area contributed by atoms with Crippen LogP contribution in [0.5, 0.6) is 0 Å². The molecular weight excluding hydrogens is 278 g/mol. The molecular formula is C13H18BrN3. The van der Waals surface area contributed by atoms with Crippen LogP contribution in [0.2, 0.25) is 0 Å². The highest BCUT2D eigenvalue weighted by molar-refractivity contribution is 9.10. The molecule has 2 atom stereocenters. The number of nitriles is 1. The lowest BCUT2D eigenvalue weighted by Crippen LogP contribution is -2.25. The Morgan fingerprint density at radius 2 is 2.12 bits per heavy atom. The third-order valence-corrected chi connectivity index (χ3v) is 3.16. The van der Waals surface area contributed by atoms with Gasteiger partial charge in [-0.2, -0.15) is 5.26 Å². The van der Waals surface area contributed by atoms with Gasteiger partial charge in [0.1, 0.15) is 0 Å². The second-order valence-corrected chi connectivity index (χ2v) is 5.32. The van der Waals surface area contributed by atoms with Crippen molar-refractivity contribution in [3.63, 3.8) is 0 Å². The first-order valence-corrected chi connectivity index (χ1v) is 6.40. The standard InChI is InChI=1S/C13H18BrN3/c1-9(7-15)8-17(3)13-6-11(14)4-5-12(13)10(2)16/h4-6,9-10H,8,16H2,1-3H3. The van der Waals surface area contributed by atoms with Gasteiger partial charge in [0, 0.05) is 29.8 Å². The topological polar surface area (TPSA) is 53.0 Å². The maximum absolute atomic E-state index is 8.85. The Hall–Kier alpha value is -1.05. The molecule has 2 N–H and O–H groups in total. The van der Waals surface area contributed by atoms with Crippen molar-refractivity contribution < 1.29 is 0 Å². The SMILES string of the molecule is CC(C#N)CN(C)c1cc(Br)ccc1C(C)N. The van der Waals surface area contributed by atoms with Crippen LogP contribution in [0.4, 0.5) is 5.69 Å². The zero-order valence-electron chi connectivity index (χ0n) is 10.4. The Balaban J connectivity index is 3.02. The molecule has 0 bridgehead atoms. The Morgan fingerprint density at radius 3 is 2.65 bits per heavy atom. The van der Waals surface area contributed by atoms with Gasteiger partial charge in [-0.05, 0) is 31.5 Å². The van der Waals surface area contributed by atoms with E-state index in [1.165, 1.54) is 0 Å². The van der Waals surface area contributed by atoms with Crippen molar-refractivity contribution in [3.8, 4) is 6.07 Å². The molecule has 0 amide bonds. The van der Waals surface area contributed by atoms with Crippen molar-refractivity contribution in [1.29, 1.82) is 5.26 Å². The summed E-state index contributed by atoms with van der Waals surface area (Å²) in [5.41, 5.74) is 8.14. The summed E-state index contributed by atoms with van der Waals surface area (Å²) in [6.07, 6.45) is 0. The van der Waals surface area contributed by atoms with Crippen molar-refractivity contribution in [1.82, 2.24) is 0 Å². The summed E-state index contributed by atoms with van der Waals surface area (Å²) >= 11 is 3.46. The average Bonchev–Trinajstić information content (AvgIpc) is 2.28. The first kappa shape index (κ1) is 14.0. The van der Waals surface area contributed by atoms with Crippen LogP contribution in [0.3, 0.4) is 0 Å². The van der Waals surface area contributed by atoms with E-state index in [2.05, 4.69) is 26.9 Å². The minimum absolute atomic E-state index is 0.0000813. The molecule has 3 nitrogen and oxygen atoms in total. The van der Waals surface area contributed by atoms with Crippen LogP contribution in [-0.2, 0) is 0 Å². The Bertz CT molecular complexity index is 423. The third-order valence-electron chi connectivity index (χ3n) is 2.66. The molecule has 1 aromatic carbocycles. The van der Waals surface area contributed by atoms with Gasteiger partial charge in [-0.3, -0.25) is 0 Å². The van der Waals surface area contributed by atoms with Crippen molar-refractivity contribution in [2.24, 2.45) is 11.7 Å². The molecule has 0 spiro atoms. The summed E-state index contributed by atoms with van der Waals surface area (Å²) in [7, 11) is 1.99. The highest BCUT2D eigenvalue weighted by Crippen LogP contribution is 2.28. The van der Waals surface area contributed by atoms with Gasteiger partial charge < -0.3 is 10.6 Å². The number of hydrogen-bond acceptors (Lipinski definition) is 3. The molecule has 0 aromatic heterocycles. The fourth-order valence-corrected chi connectivity index (χ4v) is 2.13. The number of rotatable bonds is 4. The van der Waals surface area contributed by atoms with E-state index in [1.54, 1.807) is 0 Å². The van der Waals surface area contributed by atoms with Gasteiger partial charge in [0.2, 0.25) is 0 Å². The highest BCUT2D eigenvalue weighted by Gasteiger charge is 2.13. The number of hydrogen-bond donors (Lipinski definition) is 1. The number of nitrogens with two attached hydrogens (primary N) is 1. The van der Waals surface area contributed by atoms with E-state index in [1.807, 2.05) is 39.1 Å². The molecule has 0 aliphatic heterocycles. The maximum Gasteiger partial charge on any atom is 0.0671 e. The van der Waals surface area contributed by atoms with E-state index in [0.717, 1.165) is 15.7 Å². The van der Waals surface area contributed by atoms with Crippen molar-refractivity contribution in [2.75, 3.05) is 18.5 Å². The van der Waals surface area contributed by atoms with Crippen LogP contribution in [0.1, 0.15) is 25.5 Å². The van der Waals surface area contributed by atoms with E-state index in [0.29, 0.717) is 6.54 Å². The van der Waals surface area contributed by atoms with Crippen LogP contribution in [0, 0.1) is 17.2 Å². The van der Waals surface area contributed by atoms with E-state index < -0.39 is 0 Å². The molecule has 92 valence electrons. The van der Waals surface area contributed by atoms with E-state index in [4.69, 9.17) is 11.0 Å². The summed E-state index contributed by atoms with van der Waals surface area (Å²) in [5.74, 6) is -0.0000813. The second-order valence-electron chi connectivity index (χ2n) is 4.40. The first-order valence-electron chi connectivity index (χ1n) is 5.61. The molecule has 0 saturated carbocycles. The number of anilines is 1. The van der Waals surface area contributed by atoms with Crippen LogP contribution >= 0.6 is 15.9 Å². The fourth-order valence-electron chi connectivity index (χ4n) is 1.78. The van der Waals surface area contributed by atoms with Crippen LogP contribution < -0.4 is 10.6 Å². The normalized spacial score (nSPS) is 13.9. The minimum Gasteiger partial charge on any atom is -0.373 e. The molecule has 0 aliphatic carbocycles. The van der Waals surface area contributed by atoms with E-state index in [9.17, 15) is 0 Å². The quantitative estimate of drug-likeness (QED) is 0.929. The van der Waals surface area contributed by atoms with Gasteiger partial charge in [0.25, 0.3) is 0 Å². The summed E-state index contributed by atoms with van der Waals surface area (Å²) < 4.78 is 1.02. The Kier molecular flexibility index (Phi) is 4.98. The van der Waals surface area contributed by atoms with Gasteiger partial charge in [-0.1, -0.05) is 22.0 Å². The molecule has 0 aliphatic rings. The zero-order valence-corrected chi connectivity index (χ0v) is 12.0. The first-order chi connectivity index (χ1) is 7.95. The monoisotopic (exact) mass is 295 g/mol. The van der Waals surface area contributed by atoms with Crippen LogP contribution in [-0.4, -0.2) is 13.6 Å². The van der Waals surface area contributed by atoms with E-state index in [-0.39, 0.29) is 12.0 Å². The van der Waals surface area contributed by atoms with Gasteiger partial charge >= 0.3 is 0 Å². The number of nitrogens with zero attached hydrogens (tertiary/aromatic N) is 2. The third kappa shape index (κ3) is 3.72. The number of benzene rings is 1. The van der Waals surface area contributed by atoms with E-state index >= 15 is 0 Å². The Morgan fingerprint density at radius 1 is 1.47 bits per heavy atom. The smallest absolute Gasteiger partial charge is 0.0671 e. The molecule has 0 heterocycles. The lowest BCUT2D eigenvalue weighted by Gasteiger charge is -2.25. The predicted octanol–water partition coefficient (Wildman–Crippen LogP) is 3.06. The molecule has 1 rings (SSSR count). The molecule has 0 fully saturated rings. The summed E-state index contributed by atoms with van der Waals surface area (Å²) in [4.78, 5) is 2.08. The van der Waals surface area contributed by atoms with Crippen LogP contribution in [0.25, 0.3) is 0 Å². The molecule has 17 heavy (non-hydrogen) atoms. The van der Waals surface area contributed by atoms with Gasteiger partial charge in [0.05, 0.1) is 12.0 Å². The Labute approximate surface area is 111 Å². The van der Waals surface area contributed by atoms with Crippen molar-refractivity contribution >= 4 is 21.6 Å². The predicted molar refractivity (Wildman–Crippen MR) is 74.8 cm³/mol. The second kappa shape index (κ2) is 6.04. The zero-order chi connectivity index (χ0) is 13.0. The molecule has 4 heteroatoms. The largest absolute Gasteiger partial charge is 0.373 e. The molecule has 0 saturated heterocycles. The highest BCUT2D eigenvalue weighted by atomic mass is 79.9. The molecule has 2 unspecified atom stereocenters. The minimum atomic E-state index is -0.0158. The number of halogens is 1. The van der Waals surface area contributed by atoms with Crippen LogP contribution in [0.15, 0.2) is 22.7 Å². The van der Waals surface area contributed by atoms with Gasteiger partial charge in [-0.15, -0.1) is 0 Å². The van der Waals surface area contributed by atoms with Crippen molar-refractivity contribution in [3.05, 3.63) is 28.2 Å². The van der Waals surface area contributed by atoms with Crippen molar-refractivity contribution in [2.45, 2.75) is 19.9 Å². The fraction of sp³-hybridized carbons (Fsp3) is 0.462. The maximum atomic E-state index is 8.85. The molecule has 0 radical (unpaired) electrons. The van der Waals surface area contributed by atoms with Gasteiger partial charge in [-0.25, -0.2) is 0 Å².